The fourth-order valence-electron chi connectivity index (χ4n) is 2.92. The van der Waals surface area contributed by atoms with Gasteiger partial charge < -0.3 is 18.6 Å². The van der Waals surface area contributed by atoms with E-state index in [0.29, 0.717) is 17.5 Å². The van der Waals surface area contributed by atoms with Gasteiger partial charge in [0.1, 0.15) is 11.2 Å². The van der Waals surface area contributed by atoms with E-state index in [1.807, 2.05) is 0 Å². The molecule has 33 heavy (non-hydrogen) atoms. The van der Waals surface area contributed by atoms with E-state index in [0.717, 1.165) is 6.07 Å². The Morgan fingerprint density at radius 1 is 0.970 bits per heavy atom. The van der Waals surface area contributed by atoms with Gasteiger partial charge >= 0.3 is 27.8 Å². The molecule has 1 aliphatic heterocycles. The first-order valence-corrected chi connectivity index (χ1v) is 11.5. The molecule has 1 aromatic heterocycles. The third-order valence-corrected chi connectivity index (χ3v) is 5.26. The summed E-state index contributed by atoms with van der Waals surface area (Å²) in [6.07, 6.45) is -0.987. The van der Waals surface area contributed by atoms with Crippen molar-refractivity contribution in [3.05, 3.63) is 11.8 Å². The second kappa shape index (κ2) is 9.03. The zero-order valence-electron chi connectivity index (χ0n) is 19.2. The van der Waals surface area contributed by atoms with Crippen LogP contribution in [-0.4, -0.2) is 65.1 Å². The molecule has 0 radical (unpaired) electrons. The van der Waals surface area contributed by atoms with Crippen LogP contribution in [0.3, 0.4) is 0 Å². The number of halogens is 3. The van der Waals surface area contributed by atoms with Crippen LogP contribution in [-0.2, 0) is 19.6 Å². The largest absolute Gasteiger partial charge is 0.534 e. The van der Waals surface area contributed by atoms with Crippen LogP contribution >= 0.6 is 0 Å². The summed E-state index contributed by atoms with van der Waals surface area (Å²) in [7, 11) is -6.04. The second-order valence-corrected chi connectivity index (χ2v) is 11.1. The Hall–Kier alpha value is -2.51. The smallest absolute Gasteiger partial charge is 0.444 e. The highest BCUT2D eigenvalue weighted by molar-refractivity contribution is 7.87. The summed E-state index contributed by atoms with van der Waals surface area (Å²) in [5.41, 5.74) is -7.26. The minimum Gasteiger partial charge on any atom is -0.444 e. The Morgan fingerprint density at radius 3 is 1.91 bits per heavy atom. The van der Waals surface area contributed by atoms with Crippen molar-refractivity contribution in [1.29, 1.82) is 0 Å². The number of hydrogen-bond donors (Lipinski definition) is 0. The van der Waals surface area contributed by atoms with Crippen LogP contribution in [0.2, 0.25) is 0 Å². The second-order valence-electron chi connectivity index (χ2n) is 9.52. The maximum Gasteiger partial charge on any atom is 0.534 e. The highest BCUT2D eigenvalue weighted by Gasteiger charge is 2.49. The molecule has 188 valence electrons. The highest BCUT2D eigenvalue weighted by atomic mass is 32.2. The Morgan fingerprint density at radius 2 is 1.45 bits per heavy atom. The lowest BCUT2D eigenvalue weighted by atomic mass is 9.94. The number of ether oxygens (including phenoxy) is 2. The average molecular weight is 500 g/mol. The fraction of sp³-hybridized carbons (Fsp3) is 0.737. The average Bonchev–Trinajstić information content (AvgIpc) is 3.01. The molecule has 0 spiro atoms. The molecule has 2 rings (SSSR count). The van der Waals surface area contributed by atoms with Gasteiger partial charge in [-0.25, -0.2) is 9.59 Å². The molecule has 0 atom stereocenters. The lowest BCUT2D eigenvalue weighted by Crippen LogP contribution is -2.41. The predicted molar refractivity (Wildman–Crippen MR) is 109 cm³/mol. The normalized spacial score (nSPS) is 16.5. The van der Waals surface area contributed by atoms with Crippen LogP contribution < -0.4 is 4.18 Å². The third-order valence-electron chi connectivity index (χ3n) is 4.31. The minimum absolute atomic E-state index is 0.136. The van der Waals surface area contributed by atoms with Gasteiger partial charge in [0.05, 0.1) is 5.69 Å². The van der Waals surface area contributed by atoms with Gasteiger partial charge in [-0.05, 0) is 54.4 Å². The molecule has 0 bridgehead atoms. The van der Waals surface area contributed by atoms with Crippen LogP contribution in [0, 0.1) is 0 Å². The molecule has 1 aliphatic rings. The number of amides is 1. The Labute approximate surface area is 190 Å². The standard InChI is InChI=1S/C19H28F3N3O7S/c1-17(2,3)30-15(26)24-9-7-12(8-10-24)13-11-14(32-33(28,29)19(20,21)22)25(23-13)16(27)31-18(4,5)6/h11-12H,7-10H2,1-6H3. The number of aromatic nitrogens is 2. The van der Waals surface area contributed by atoms with Gasteiger partial charge in [0.25, 0.3) is 0 Å². The molecule has 0 N–H and O–H groups in total. The number of hydrogen-bond acceptors (Lipinski definition) is 8. The van der Waals surface area contributed by atoms with Gasteiger partial charge in [0, 0.05) is 25.1 Å². The number of nitrogens with zero attached hydrogens (tertiary/aromatic N) is 3. The quantitative estimate of drug-likeness (QED) is 0.452. The predicted octanol–water partition coefficient (Wildman–Crippen LogP) is 4.01. The molecule has 0 aliphatic carbocycles. The van der Waals surface area contributed by atoms with Crippen molar-refractivity contribution in [2.75, 3.05) is 13.1 Å². The van der Waals surface area contributed by atoms with Crippen LogP contribution in [0.5, 0.6) is 5.88 Å². The zero-order valence-corrected chi connectivity index (χ0v) is 20.0. The Bertz CT molecular complexity index is 984. The van der Waals surface area contributed by atoms with Crippen molar-refractivity contribution in [3.63, 3.8) is 0 Å². The number of likely N-dealkylation sites (tertiary alicyclic amines) is 1. The van der Waals surface area contributed by atoms with Gasteiger partial charge in [-0.3, -0.25) is 0 Å². The van der Waals surface area contributed by atoms with Crippen LogP contribution in [0.15, 0.2) is 6.07 Å². The lowest BCUT2D eigenvalue weighted by Gasteiger charge is -2.32. The molecule has 1 saturated heterocycles. The number of carbonyl (C=O) groups excluding carboxylic acids is 2. The summed E-state index contributed by atoms with van der Waals surface area (Å²) >= 11 is 0. The van der Waals surface area contributed by atoms with Crippen molar-refractivity contribution < 1.29 is 44.8 Å². The van der Waals surface area contributed by atoms with E-state index in [1.165, 1.54) is 25.7 Å². The Balaban J connectivity index is 2.26. The van der Waals surface area contributed by atoms with Gasteiger partial charge in [-0.2, -0.15) is 26.7 Å². The summed E-state index contributed by atoms with van der Waals surface area (Å²) in [5, 5.41) is 3.96. The molecule has 0 unspecified atom stereocenters. The maximum absolute atomic E-state index is 12.8. The highest BCUT2D eigenvalue weighted by Crippen LogP contribution is 2.33. The van der Waals surface area contributed by atoms with Crippen molar-refractivity contribution in [2.24, 2.45) is 0 Å². The fourth-order valence-corrected chi connectivity index (χ4v) is 3.36. The lowest BCUT2D eigenvalue weighted by molar-refractivity contribution is -0.0503. The number of carbonyl (C=O) groups is 2. The number of piperidine rings is 1. The van der Waals surface area contributed by atoms with E-state index >= 15 is 0 Å². The number of alkyl halides is 3. The van der Waals surface area contributed by atoms with Gasteiger partial charge in [-0.15, -0.1) is 4.68 Å². The molecule has 1 aromatic rings. The van der Waals surface area contributed by atoms with Gasteiger partial charge in [-0.1, -0.05) is 0 Å². The zero-order chi connectivity index (χ0) is 25.4. The number of rotatable bonds is 3. The van der Waals surface area contributed by atoms with E-state index in [2.05, 4.69) is 9.28 Å². The summed E-state index contributed by atoms with van der Waals surface area (Å²) in [6.45, 7) is 10.3. The van der Waals surface area contributed by atoms with Crippen LogP contribution in [0.4, 0.5) is 22.8 Å². The van der Waals surface area contributed by atoms with E-state index in [-0.39, 0.29) is 24.7 Å². The molecular weight excluding hydrogens is 471 g/mol. The Kier molecular flexibility index (Phi) is 7.32. The SMILES string of the molecule is CC(C)(C)OC(=O)N1CCC(c2cc(OS(=O)(=O)C(F)(F)F)n(C(=O)OC(C)(C)C)n2)CC1. The molecule has 1 amide bonds. The van der Waals surface area contributed by atoms with Crippen LogP contribution in [0.1, 0.15) is 66.0 Å². The monoisotopic (exact) mass is 499 g/mol. The van der Waals surface area contributed by atoms with E-state index in [4.69, 9.17) is 9.47 Å². The third kappa shape index (κ3) is 7.24. The molecule has 1 fully saturated rings. The summed E-state index contributed by atoms with van der Waals surface area (Å²) < 4.78 is 76.4. The van der Waals surface area contributed by atoms with Crippen molar-refractivity contribution in [2.45, 2.75) is 77.0 Å². The maximum atomic E-state index is 12.8. The first kappa shape index (κ1) is 26.7. The van der Waals surface area contributed by atoms with Crippen molar-refractivity contribution in [3.8, 4) is 5.88 Å². The van der Waals surface area contributed by atoms with E-state index < -0.39 is 44.9 Å². The van der Waals surface area contributed by atoms with Gasteiger partial charge in [0.2, 0.25) is 5.88 Å². The molecule has 2 heterocycles. The topological polar surface area (TPSA) is 117 Å². The van der Waals surface area contributed by atoms with Crippen molar-refractivity contribution >= 4 is 22.3 Å². The van der Waals surface area contributed by atoms with Gasteiger partial charge in [0.15, 0.2) is 0 Å². The summed E-state index contributed by atoms with van der Waals surface area (Å²) in [4.78, 5) is 26.1. The first-order chi connectivity index (χ1) is 14.8. The molecule has 10 nitrogen and oxygen atoms in total. The molecular formula is C19H28F3N3O7S. The first-order valence-electron chi connectivity index (χ1n) is 10.1. The van der Waals surface area contributed by atoms with Crippen LogP contribution in [0.25, 0.3) is 0 Å². The van der Waals surface area contributed by atoms with Crippen molar-refractivity contribution in [1.82, 2.24) is 14.7 Å². The minimum atomic E-state index is -6.04. The summed E-state index contributed by atoms with van der Waals surface area (Å²) in [6, 6.07) is 0.959. The molecule has 0 saturated carbocycles. The molecule has 14 heteroatoms. The summed E-state index contributed by atoms with van der Waals surface area (Å²) in [5.74, 6) is -1.31. The van der Waals surface area contributed by atoms with E-state index in [1.54, 1.807) is 20.8 Å². The van der Waals surface area contributed by atoms with E-state index in [9.17, 15) is 31.2 Å². The molecule has 0 aromatic carbocycles.